The molecule has 3 rings (SSSR count). The number of rotatable bonds is 3. The second kappa shape index (κ2) is 6.39. The number of H-pyrrole nitrogens is 1. The lowest BCUT2D eigenvalue weighted by Gasteiger charge is -2.03. The molecule has 0 bridgehead atoms. The summed E-state index contributed by atoms with van der Waals surface area (Å²) >= 11 is 17.3. The van der Waals surface area contributed by atoms with Gasteiger partial charge >= 0.3 is 0 Å². The Kier molecular flexibility index (Phi) is 4.33. The number of nitrogens with one attached hydrogen (secondary N) is 1. The van der Waals surface area contributed by atoms with Crippen molar-refractivity contribution in [2.24, 2.45) is 5.10 Å². The summed E-state index contributed by atoms with van der Waals surface area (Å²) in [5.74, 6) is 0.511. The molecule has 1 aromatic carbocycles. The Morgan fingerprint density at radius 2 is 1.95 bits per heavy atom. The summed E-state index contributed by atoms with van der Waals surface area (Å²) in [5, 5.41) is 12.3. The molecule has 0 spiro atoms. The van der Waals surface area contributed by atoms with Crippen molar-refractivity contribution in [2.45, 2.75) is 0 Å². The Balaban J connectivity index is 2.05. The van der Waals surface area contributed by atoms with E-state index in [-0.39, 0.29) is 0 Å². The van der Waals surface area contributed by atoms with E-state index in [0.29, 0.717) is 26.2 Å². The third kappa shape index (κ3) is 3.09. The molecule has 0 saturated heterocycles. The number of halogens is 2. The van der Waals surface area contributed by atoms with Crippen LogP contribution in [0.25, 0.3) is 11.4 Å². The smallest absolute Gasteiger partial charge is 0.216 e. The van der Waals surface area contributed by atoms with E-state index < -0.39 is 0 Å². The molecule has 0 atom stereocenters. The number of hydrogen-bond acceptors (Lipinski definition) is 4. The molecule has 0 unspecified atom stereocenters. The molecular formula is C14H9Cl2N5S. The van der Waals surface area contributed by atoms with Crippen molar-refractivity contribution in [3.8, 4) is 11.4 Å². The zero-order chi connectivity index (χ0) is 15.5. The van der Waals surface area contributed by atoms with Gasteiger partial charge in [0.15, 0.2) is 5.82 Å². The fourth-order valence-electron chi connectivity index (χ4n) is 1.82. The molecule has 2 aromatic heterocycles. The predicted molar refractivity (Wildman–Crippen MR) is 90.1 cm³/mol. The molecule has 2 heterocycles. The maximum absolute atomic E-state index is 6.22. The maximum Gasteiger partial charge on any atom is 0.216 e. The highest BCUT2D eigenvalue weighted by Crippen LogP contribution is 2.29. The molecule has 5 nitrogen and oxygen atoms in total. The van der Waals surface area contributed by atoms with E-state index in [1.165, 1.54) is 4.68 Å². The highest BCUT2D eigenvalue weighted by molar-refractivity contribution is 7.71. The van der Waals surface area contributed by atoms with E-state index in [1.54, 1.807) is 36.8 Å². The van der Waals surface area contributed by atoms with Crippen LogP contribution in [0.2, 0.25) is 10.0 Å². The van der Waals surface area contributed by atoms with Gasteiger partial charge in [-0.15, -0.1) is 0 Å². The molecule has 0 aliphatic carbocycles. The zero-order valence-corrected chi connectivity index (χ0v) is 13.4. The van der Waals surface area contributed by atoms with Crippen LogP contribution in [0.1, 0.15) is 5.56 Å². The topological polar surface area (TPSA) is 58.9 Å². The van der Waals surface area contributed by atoms with Crippen molar-refractivity contribution < 1.29 is 0 Å². The van der Waals surface area contributed by atoms with E-state index in [0.717, 1.165) is 5.56 Å². The first-order valence-electron chi connectivity index (χ1n) is 6.22. The van der Waals surface area contributed by atoms with Gasteiger partial charge in [0.2, 0.25) is 4.77 Å². The van der Waals surface area contributed by atoms with Crippen LogP contribution in [0.15, 0.2) is 47.8 Å². The summed E-state index contributed by atoms with van der Waals surface area (Å²) in [6.07, 6.45) is 5.04. The van der Waals surface area contributed by atoms with Crippen LogP contribution in [0, 0.1) is 4.77 Å². The van der Waals surface area contributed by atoms with Gasteiger partial charge in [-0.25, -0.2) is 5.10 Å². The minimum absolute atomic E-state index is 0.367. The van der Waals surface area contributed by atoms with Gasteiger partial charge in [-0.2, -0.15) is 14.9 Å². The zero-order valence-electron chi connectivity index (χ0n) is 11.1. The molecule has 22 heavy (non-hydrogen) atoms. The fourth-order valence-corrected chi connectivity index (χ4v) is 2.49. The van der Waals surface area contributed by atoms with Crippen LogP contribution >= 0.6 is 35.4 Å². The highest BCUT2D eigenvalue weighted by atomic mass is 35.5. The molecule has 0 amide bonds. The van der Waals surface area contributed by atoms with E-state index >= 15 is 0 Å². The van der Waals surface area contributed by atoms with Gasteiger partial charge in [0.05, 0.1) is 11.2 Å². The molecule has 0 aliphatic rings. The summed E-state index contributed by atoms with van der Waals surface area (Å²) in [6.45, 7) is 0. The van der Waals surface area contributed by atoms with E-state index in [9.17, 15) is 0 Å². The van der Waals surface area contributed by atoms with Crippen LogP contribution in [0.3, 0.4) is 0 Å². The predicted octanol–water partition coefficient (Wildman–Crippen LogP) is 4.19. The third-order valence-electron chi connectivity index (χ3n) is 2.85. The normalized spacial score (nSPS) is 11.2. The minimum Gasteiger partial charge on any atom is -0.265 e. The van der Waals surface area contributed by atoms with Gasteiger partial charge in [-0.05, 0) is 48.1 Å². The summed E-state index contributed by atoms with van der Waals surface area (Å²) in [6, 6.07) is 8.82. The van der Waals surface area contributed by atoms with Gasteiger partial charge in [-0.1, -0.05) is 23.2 Å². The number of benzene rings is 1. The number of aromatic amines is 1. The largest absolute Gasteiger partial charge is 0.265 e. The first-order valence-corrected chi connectivity index (χ1v) is 7.39. The minimum atomic E-state index is 0.367. The number of pyridine rings is 1. The Labute approximate surface area is 141 Å². The van der Waals surface area contributed by atoms with Crippen LogP contribution < -0.4 is 0 Å². The molecule has 0 fully saturated rings. The van der Waals surface area contributed by atoms with Crippen LogP contribution in [0.4, 0.5) is 0 Å². The van der Waals surface area contributed by atoms with Crippen molar-refractivity contribution in [2.75, 3.05) is 0 Å². The van der Waals surface area contributed by atoms with E-state index in [2.05, 4.69) is 20.3 Å². The number of nitrogens with zero attached hydrogens (tertiary/aromatic N) is 4. The quantitative estimate of drug-likeness (QED) is 0.569. The highest BCUT2D eigenvalue weighted by Gasteiger charge is 2.12. The standard InChI is InChI=1S/C14H9Cl2N5S/c15-10-1-2-11(12(16)7-10)13-19-20-14(22)21(13)18-8-9-3-5-17-6-4-9/h1-8H,(H,20,22)/b18-8-. The van der Waals surface area contributed by atoms with Gasteiger partial charge in [0.25, 0.3) is 0 Å². The van der Waals surface area contributed by atoms with E-state index in [1.807, 2.05) is 12.1 Å². The SMILES string of the molecule is S=c1[nH]nc(-c2ccc(Cl)cc2Cl)n1/N=C\c1ccncc1. The van der Waals surface area contributed by atoms with Crippen molar-refractivity contribution in [1.29, 1.82) is 0 Å². The molecule has 8 heteroatoms. The summed E-state index contributed by atoms with van der Waals surface area (Å²) in [7, 11) is 0. The van der Waals surface area contributed by atoms with Crippen molar-refractivity contribution in [1.82, 2.24) is 19.9 Å². The van der Waals surface area contributed by atoms with Gasteiger partial charge < -0.3 is 0 Å². The van der Waals surface area contributed by atoms with E-state index in [4.69, 9.17) is 35.4 Å². The number of hydrogen-bond donors (Lipinski definition) is 1. The first kappa shape index (κ1) is 14.9. The third-order valence-corrected chi connectivity index (χ3v) is 3.66. The molecule has 0 saturated carbocycles. The van der Waals surface area contributed by atoms with Crippen LogP contribution in [0.5, 0.6) is 0 Å². The summed E-state index contributed by atoms with van der Waals surface area (Å²) < 4.78 is 1.87. The Hall–Kier alpha value is -2.02. The average molecular weight is 350 g/mol. The van der Waals surface area contributed by atoms with Gasteiger partial charge in [0.1, 0.15) is 0 Å². The Morgan fingerprint density at radius 3 is 2.68 bits per heavy atom. The summed E-state index contributed by atoms with van der Waals surface area (Å²) in [5.41, 5.74) is 1.58. The summed E-state index contributed by atoms with van der Waals surface area (Å²) in [4.78, 5) is 3.96. The Morgan fingerprint density at radius 1 is 1.18 bits per heavy atom. The molecule has 0 aliphatic heterocycles. The van der Waals surface area contributed by atoms with Crippen LogP contribution in [-0.2, 0) is 0 Å². The lowest BCUT2D eigenvalue weighted by Crippen LogP contribution is -1.95. The van der Waals surface area contributed by atoms with Crippen molar-refractivity contribution in [3.05, 3.63) is 63.1 Å². The molecule has 1 N–H and O–H groups in total. The van der Waals surface area contributed by atoms with Gasteiger partial charge in [0, 0.05) is 23.0 Å². The van der Waals surface area contributed by atoms with Gasteiger partial charge in [-0.3, -0.25) is 4.98 Å². The monoisotopic (exact) mass is 349 g/mol. The average Bonchev–Trinajstić information content (AvgIpc) is 2.87. The molecule has 3 aromatic rings. The molecule has 110 valence electrons. The maximum atomic E-state index is 6.22. The molecule has 0 radical (unpaired) electrons. The van der Waals surface area contributed by atoms with Crippen molar-refractivity contribution >= 4 is 41.6 Å². The van der Waals surface area contributed by atoms with Crippen molar-refractivity contribution in [3.63, 3.8) is 0 Å². The molecular weight excluding hydrogens is 341 g/mol. The first-order chi connectivity index (χ1) is 10.6. The Bertz CT molecular complexity index is 886. The lowest BCUT2D eigenvalue weighted by molar-refractivity contribution is 0.871. The number of aromatic nitrogens is 4. The van der Waals surface area contributed by atoms with Crippen LogP contribution in [-0.4, -0.2) is 26.1 Å². The second-order valence-corrected chi connectivity index (χ2v) is 5.54. The fraction of sp³-hybridized carbons (Fsp3) is 0. The lowest BCUT2D eigenvalue weighted by atomic mass is 10.2. The second-order valence-electron chi connectivity index (χ2n) is 4.31.